The van der Waals surface area contributed by atoms with Gasteiger partial charge in [-0.05, 0) is 49.2 Å². The van der Waals surface area contributed by atoms with Gasteiger partial charge in [0.1, 0.15) is 16.3 Å². The maximum Gasteiger partial charge on any atom is 0.276 e. The second-order valence-corrected chi connectivity index (χ2v) is 9.47. The molecular weight excluding hydrogens is 458 g/mol. The lowest BCUT2D eigenvalue weighted by molar-refractivity contribution is 0.102. The number of benzene rings is 2. The second-order valence-electron chi connectivity index (χ2n) is 7.82. The van der Waals surface area contributed by atoms with Crippen LogP contribution in [0.15, 0.2) is 64.3 Å². The van der Waals surface area contributed by atoms with Crippen LogP contribution in [0, 0.1) is 0 Å². The van der Waals surface area contributed by atoms with Crippen LogP contribution in [0.5, 0.6) is 5.75 Å². The summed E-state index contributed by atoms with van der Waals surface area (Å²) in [5, 5.41) is 6.60. The molecule has 0 radical (unpaired) electrons. The van der Waals surface area contributed by atoms with E-state index in [0.717, 1.165) is 30.6 Å². The molecule has 0 bridgehead atoms. The van der Waals surface area contributed by atoms with E-state index in [-0.39, 0.29) is 21.8 Å². The predicted octanol–water partition coefficient (Wildman–Crippen LogP) is 2.44. The summed E-state index contributed by atoms with van der Waals surface area (Å²) in [6, 6.07) is 14.0. The highest BCUT2D eigenvalue weighted by Gasteiger charge is 2.26. The molecule has 34 heavy (non-hydrogen) atoms. The molecule has 0 aliphatic carbocycles. The average molecular weight is 484 g/mol. The molecule has 4 rings (SSSR count). The Morgan fingerprint density at radius 1 is 1.06 bits per heavy atom. The van der Waals surface area contributed by atoms with Crippen molar-refractivity contribution in [3.63, 3.8) is 0 Å². The number of anilines is 3. The van der Waals surface area contributed by atoms with Crippen molar-refractivity contribution in [2.24, 2.45) is 7.05 Å². The first-order chi connectivity index (χ1) is 16.3. The number of aromatic nitrogens is 2. The van der Waals surface area contributed by atoms with Crippen molar-refractivity contribution >= 4 is 33.0 Å². The first-order valence-electron chi connectivity index (χ1n) is 10.7. The Morgan fingerprint density at radius 2 is 1.79 bits per heavy atom. The number of hydrogen-bond acceptors (Lipinski definition) is 7. The molecule has 2 N–H and O–H groups in total. The number of nitrogens with one attached hydrogen (secondary N) is 2. The van der Waals surface area contributed by atoms with Gasteiger partial charge in [0.05, 0.1) is 18.5 Å². The quantitative estimate of drug-likeness (QED) is 0.529. The Morgan fingerprint density at radius 3 is 2.50 bits per heavy atom. The number of carbonyl (C=O) groups is 1. The van der Waals surface area contributed by atoms with Crippen LogP contribution in [-0.2, 0) is 17.1 Å². The minimum atomic E-state index is -4.03. The molecule has 2 aromatic carbocycles. The fourth-order valence-electron chi connectivity index (χ4n) is 3.77. The minimum Gasteiger partial charge on any atom is -0.495 e. The molecule has 1 saturated heterocycles. The molecule has 0 spiro atoms. The minimum absolute atomic E-state index is 0.0299. The fraction of sp³-hybridized carbons (Fsp3) is 0.261. The highest BCUT2D eigenvalue weighted by molar-refractivity contribution is 7.93. The summed E-state index contributed by atoms with van der Waals surface area (Å²) in [7, 11) is -1.13. The van der Waals surface area contributed by atoms with E-state index in [1.165, 1.54) is 32.4 Å². The lowest BCUT2D eigenvalue weighted by Gasteiger charge is -2.23. The molecule has 1 aromatic heterocycles. The molecule has 178 valence electrons. The summed E-state index contributed by atoms with van der Waals surface area (Å²) in [5.74, 6) is -0.176. The van der Waals surface area contributed by atoms with Gasteiger partial charge in [-0.25, -0.2) is 13.1 Å². The monoisotopic (exact) mass is 483 g/mol. The number of methoxy groups -OCH3 is 1. The van der Waals surface area contributed by atoms with E-state index in [0.29, 0.717) is 17.1 Å². The summed E-state index contributed by atoms with van der Waals surface area (Å²) in [6.07, 6.45) is 1.94. The van der Waals surface area contributed by atoms with Crippen LogP contribution in [0.4, 0.5) is 17.1 Å². The molecular formula is C23H25N5O5S. The zero-order valence-corrected chi connectivity index (χ0v) is 19.6. The number of sulfonamides is 1. The Hall–Kier alpha value is -3.86. The van der Waals surface area contributed by atoms with E-state index < -0.39 is 15.9 Å². The van der Waals surface area contributed by atoms with Crippen LogP contribution in [0.1, 0.15) is 23.3 Å². The third kappa shape index (κ3) is 4.88. The van der Waals surface area contributed by atoms with E-state index in [9.17, 15) is 18.0 Å². The van der Waals surface area contributed by atoms with Crippen LogP contribution in [-0.4, -0.2) is 44.3 Å². The Bertz CT molecular complexity index is 1380. The van der Waals surface area contributed by atoms with Crippen LogP contribution in [0.3, 0.4) is 0 Å². The van der Waals surface area contributed by atoms with Gasteiger partial charge in [-0.2, -0.15) is 5.10 Å². The highest BCUT2D eigenvalue weighted by Crippen LogP contribution is 2.34. The van der Waals surface area contributed by atoms with Crippen molar-refractivity contribution in [3.8, 4) is 5.75 Å². The van der Waals surface area contributed by atoms with Crippen LogP contribution in [0.25, 0.3) is 0 Å². The van der Waals surface area contributed by atoms with Gasteiger partial charge in [-0.3, -0.25) is 14.3 Å². The van der Waals surface area contributed by atoms with E-state index in [1.54, 1.807) is 36.4 Å². The molecule has 10 nitrogen and oxygen atoms in total. The first-order valence-corrected chi connectivity index (χ1v) is 12.2. The van der Waals surface area contributed by atoms with Gasteiger partial charge in [0.15, 0.2) is 0 Å². The van der Waals surface area contributed by atoms with E-state index in [1.807, 2.05) is 4.90 Å². The molecule has 11 heteroatoms. The lowest BCUT2D eigenvalue weighted by atomic mass is 10.2. The summed E-state index contributed by atoms with van der Waals surface area (Å²) in [4.78, 5) is 26.3. The Balaban J connectivity index is 1.70. The molecule has 1 aliphatic rings. The number of para-hydroxylation sites is 2. The van der Waals surface area contributed by atoms with Crippen LogP contribution < -0.4 is 25.2 Å². The van der Waals surface area contributed by atoms with Gasteiger partial charge in [0.25, 0.3) is 21.5 Å². The van der Waals surface area contributed by atoms with E-state index in [2.05, 4.69) is 15.1 Å². The SMILES string of the molecule is COc1ccccc1NS(=O)(=O)c1cc(NC(=O)c2ccc(=O)n(C)n2)ccc1N1CCCC1. The summed E-state index contributed by atoms with van der Waals surface area (Å²) in [5.41, 5.74) is 0.827. The summed E-state index contributed by atoms with van der Waals surface area (Å²) < 4.78 is 35.9. The second kappa shape index (κ2) is 9.56. The number of hydrogen-bond donors (Lipinski definition) is 2. The van der Waals surface area contributed by atoms with Gasteiger partial charge in [-0.15, -0.1) is 0 Å². The zero-order chi connectivity index (χ0) is 24.3. The van der Waals surface area contributed by atoms with E-state index in [4.69, 9.17) is 4.74 Å². The van der Waals surface area contributed by atoms with Gasteiger partial charge < -0.3 is 15.0 Å². The molecule has 1 fully saturated rings. The van der Waals surface area contributed by atoms with Crippen molar-refractivity contribution in [3.05, 3.63) is 70.6 Å². The number of amides is 1. The van der Waals surface area contributed by atoms with Crippen molar-refractivity contribution < 1.29 is 17.9 Å². The maximum absolute atomic E-state index is 13.5. The van der Waals surface area contributed by atoms with Crippen LogP contribution >= 0.6 is 0 Å². The van der Waals surface area contributed by atoms with Crippen molar-refractivity contribution in [2.75, 3.05) is 35.1 Å². The smallest absolute Gasteiger partial charge is 0.276 e. The number of aryl methyl sites for hydroxylation is 1. The average Bonchev–Trinajstić information content (AvgIpc) is 3.36. The Labute approximate surface area is 197 Å². The predicted molar refractivity (Wildman–Crippen MR) is 129 cm³/mol. The highest BCUT2D eigenvalue weighted by atomic mass is 32.2. The summed E-state index contributed by atoms with van der Waals surface area (Å²) in [6.45, 7) is 1.48. The first kappa shape index (κ1) is 23.3. The van der Waals surface area contributed by atoms with Crippen molar-refractivity contribution in [1.82, 2.24) is 9.78 Å². The van der Waals surface area contributed by atoms with Crippen molar-refractivity contribution in [2.45, 2.75) is 17.7 Å². The van der Waals surface area contributed by atoms with Crippen molar-refractivity contribution in [1.29, 1.82) is 0 Å². The lowest BCUT2D eigenvalue weighted by Crippen LogP contribution is -2.24. The Kier molecular flexibility index (Phi) is 6.55. The number of ether oxygens (including phenoxy) is 1. The number of nitrogens with zero attached hydrogens (tertiary/aromatic N) is 3. The topological polar surface area (TPSA) is 123 Å². The third-order valence-corrected chi connectivity index (χ3v) is 6.89. The maximum atomic E-state index is 13.5. The van der Waals surface area contributed by atoms with Gasteiger partial charge in [0.2, 0.25) is 0 Å². The molecule has 0 atom stereocenters. The molecule has 3 aromatic rings. The fourth-order valence-corrected chi connectivity index (χ4v) is 5.10. The number of rotatable bonds is 7. The van der Waals surface area contributed by atoms with E-state index >= 15 is 0 Å². The third-order valence-electron chi connectivity index (χ3n) is 5.50. The van der Waals surface area contributed by atoms with Gasteiger partial charge >= 0.3 is 0 Å². The molecule has 2 heterocycles. The standard InChI is InChI=1S/C23H25N5O5S/c1-27-22(29)12-10-18(25-27)23(30)24-16-9-11-19(28-13-5-6-14-28)21(15-16)34(31,32)26-17-7-3-4-8-20(17)33-2/h3-4,7-12,15,26H,5-6,13-14H2,1-2H3,(H,24,30). The van der Waals surface area contributed by atoms with Crippen LogP contribution in [0.2, 0.25) is 0 Å². The largest absolute Gasteiger partial charge is 0.495 e. The normalized spacial score (nSPS) is 13.5. The molecule has 0 unspecified atom stereocenters. The number of carbonyl (C=O) groups excluding carboxylic acids is 1. The summed E-state index contributed by atoms with van der Waals surface area (Å²) >= 11 is 0. The van der Waals surface area contributed by atoms with Gasteiger partial charge in [-0.1, -0.05) is 12.1 Å². The molecule has 1 aliphatic heterocycles. The molecule has 0 saturated carbocycles. The van der Waals surface area contributed by atoms with Gasteiger partial charge in [0, 0.05) is 31.9 Å². The molecule has 1 amide bonds. The zero-order valence-electron chi connectivity index (χ0n) is 18.8.